The zero-order chi connectivity index (χ0) is 11.6. The van der Waals surface area contributed by atoms with Gasteiger partial charge in [-0.25, -0.2) is 0 Å². The Balaban J connectivity index is 3.02. The maximum absolute atomic E-state index is 11.0. The van der Waals surface area contributed by atoms with Crippen molar-refractivity contribution in [2.45, 2.75) is 19.5 Å². The Labute approximate surface area is 85.6 Å². The van der Waals surface area contributed by atoms with Crippen molar-refractivity contribution >= 4 is 5.97 Å². The molecule has 82 valence electrons. The van der Waals surface area contributed by atoms with Crippen LogP contribution in [0.1, 0.15) is 5.69 Å². The van der Waals surface area contributed by atoms with Crippen LogP contribution in [-0.2, 0) is 11.3 Å². The molecule has 0 aromatic carbocycles. The van der Waals surface area contributed by atoms with E-state index in [1.54, 1.807) is 0 Å². The van der Waals surface area contributed by atoms with Gasteiger partial charge in [0.25, 0.3) is 0 Å². The second-order valence-corrected chi connectivity index (χ2v) is 3.21. The Hall–Kier alpha value is -1.82. The molecule has 0 spiro atoms. The van der Waals surface area contributed by atoms with Crippen molar-refractivity contribution in [1.29, 1.82) is 0 Å². The second kappa shape index (κ2) is 4.14. The van der Waals surface area contributed by atoms with Crippen LogP contribution in [0.5, 0.6) is 5.75 Å². The number of nitrogens with zero attached hydrogens (tertiary/aromatic N) is 1. The summed E-state index contributed by atoms with van der Waals surface area (Å²) in [6.07, 6.45) is 1.40. The van der Waals surface area contributed by atoms with Gasteiger partial charge in [-0.1, -0.05) is 0 Å². The molecule has 15 heavy (non-hydrogen) atoms. The zero-order valence-electron chi connectivity index (χ0n) is 8.17. The molecular weight excluding hydrogens is 200 g/mol. The molecule has 1 heterocycles. The van der Waals surface area contributed by atoms with Crippen LogP contribution >= 0.6 is 0 Å². The average Bonchev–Trinajstić information content (AvgIpc) is 2.18. The topological polar surface area (TPSA) is 106 Å². The summed E-state index contributed by atoms with van der Waals surface area (Å²) in [5.74, 6) is -1.51. The number of pyridine rings is 1. The normalized spacial score (nSPS) is 12.4. The van der Waals surface area contributed by atoms with Crippen molar-refractivity contribution < 1.29 is 15.0 Å². The minimum atomic E-state index is -1.13. The van der Waals surface area contributed by atoms with Gasteiger partial charge < -0.3 is 20.5 Å². The summed E-state index contributed by atoms with van der Waals surface area (Å²) in [7, 11) is 0. The van der Waals surface area contributed by atoms with Crippen molar-refractivity contribution in [2.75, 3.05) is 0 Å². The Morgan fingerprint density at radius 1 is 1.67 bits per heavy atom. The first kappa shape index (κ1) is 11.3. The highest BCUT2D eigenvalue weighted by Gasteiger charge is 2.14. The van der Waals surface area contributed by atoms with Gasteiger partial charge in [-0.2, -0.15) is 0 Å². The van der Waals surface area contributed by atoms with E-state index < -0.39 is 17.4 Å². The molecule has 0 bridgehead atoms. The van der Waals surface area contributed by atoms with Crippen LogP contribution in [0, 0.1) is 6.92 Å². The molecule has 0 saturated heterocycles. The van der Waals surface area contributed by atoms with Crippen LogP contribution in [0.2, 0.25) is 0 Å². The molecule has 1 aromatic heterocycles. The van der Waals surface area contributed by atoms with Crippen molar-refractivity contribution in [3.05, 3.63) is 28.2 Å². The highest BCUT2D eigenvalue weighted by molar-refractivity contribution is 5.72. The first-order chi connectivity index (χ1) is 6.93. The first-order valence-electron chi connectivity index (χ1n) is 4.31. The van der Waals surface area contributed by atoms with Crippen LogP contribution < -0.4 is 11.2 Å². The van der Waals surface area contributed by atoms with Crippen LogP contribution in [0.15, 0.2) is 17.1 Å². The SMILES string of the molecule is Cc1c(O)c(=O)ccn1C[C@H](N)C(=O)O. The van der Waals surface area contributed by atoms with E-state index in [9.17, 15) is 14.7 Å². The molecule has 0 unspecified atom stereocenters. The third-order valence-electron chi connectivity index (χ3n) is 2.12. The number of carboxylic acid groups (broad SMARTS) is 1. The molecule has 1 rings (SSSR count). The van der Waals surface area contributed by atoms with E-state index in [2.05, 4.69) is 0 Å². The van der Waals surface area contributed by atoms with E-state index in [1.165, 1.54) is 17.7 Å². The third kappa shape index (κ3) is 2.35. The van der Waals surface area contributed by atoms with E-state index in [0.29, 0.717) is 5.69 Å². The number of nitrogens with two attached hydrogens (primary N) is 1. The van der Waals surface area contributed by atoms with Gasteiger partial charge in [0.2, 0.25) is 5.43 Å². The van der Waals surface area contributed by atoms with Gasteiger partial charge >= 0.3 is 5.97 Å². The molecule has 0 radical (unpaired) electrons. The fourth-order valence-electron chi connectivity index (χ4n) is 1.15. The standard InChI is InChI=1S/C9H12N2O4/c1-5-8(13)7(12)2-3-11(5)4-6(10)9(14)15/h2-3,6,13H,4,10H2,1H3,(H,14,15)/t6-/m0/s1. The first-order valence-corrected chi connectivity index (χ1v) is 4.31. The van der Waals surface area contributed by atoms with Crippen LogP contribution in [0.4, 0.5) is 0 Å². The molecule has 6 heteroatoms. The summed E-state index contributed by atoms with van der Waals surface area (Å²) in [5, 5.41) is 17.9. The van der Waals surface area contributed by atoms with Crippen molar-refractivity contribution in [2.24, 2.45) is 5.73 Å². The van der Waals surface area contributed by atoms with Crippen molar-refractivity contribution in [1.82, 2.24) is 4.57 Å². The maximum Gasteiger partial charge on any atom is 0.322 e. The summed E-state index contributed by atoms with van der Waals surface area (Å²) in [4.78, 5) is 21.5. The van der Waals surface area contributed by atoms with E-state index in [-0.39, 0.29) is 12.3 Å². The predicted octanol–water partition coefficient (Wildman–Crippen LogP) is -0.726. The van der Waals surface area contributed by atoms with E-state index in [0.717, 1.165) is 6.07 Å². The van der Waals surface area contributed by atoms with Gasteiger partial charge in [0.15, 0.2) is 5.75 Å². The molecule has 1 aromatic rings. The predicted molar refractivity (Wildman–Crippen MR) is 52.7 cm³/mol. The van der Waals surface area contributed by atoms with Gasteiger partial charge in [0.05, 0.1) is 5.69 Å². The van der Waals surface area contributed by atoms with Crippen LogP contribution in [0.25, 0.3) is 0 Å². The van der Waals surface area contributed by atoms with Gasteiger partial charge in [-0.15, -0.1) is 0 Å². The summed E-state index contributed by atoms with van der Waals surface area (Å²) in [6, 6.07) is 0.0993. The highest BCUT2D eigenvalue weighted by Crippen LogP contribution is 2.09. The minimum absolute atomic E-state index is 0.00894. The molecule has 0 fully saturated rings. The quantitative estimate of drug-likeness (QED) is 0.612. The summed E-state index contributed by atoms with van der Waals surface area (Å²) < 4.78 is 1.43. The zero-order valence-corrected chi connectivity index (χ0v) is 8.17. The molecule has 1 atom stereocenters. The largest absolute Gasteiger partial charge is 0.503 e. The second-order valence-electron chi connectivity index (χ2n) is 3.21. The Morgan fingerprint density at radius 2 is 2.27 bits per heavy atom. The number of aromatic nitrogens is 1. The number of aromatic hydroxyl groups is 1. The number of hydrogen-bond acceptors (Lipinski definition) is 4. The van der Waals surface area contributed by atoms with E-state index in [1.807, 2.05) is 0 Å². The molecule has 0 saturated carbocycles. The maximum atomic E-state index is 11.0. The molecule has 4 N–H and O–H groups in total. The van der Waals surface area contributed by atoms with Crippen molar-refractivity contribution in [3.8, 4) is 5.75 Å². The molecule has 0 aliphatic rings. The molecule has 0 aliphatic carbocycles. The molecule has 6 nitrogen and oxygen atoms in total. The molecule has 0 aliphatic heterocycles. The lowest BCUT2D eigenvalue weighted by molar-refractivity contribution is -0.138. The van der Waals surface area contributed by atoms with Gasteiger partial charge in [0.1, 0.15) is 6.04 Å². The number of hydrogen-bond donors (Lipinski definition) is 3. The van der Waals surface area contributed by atoms with Gasteiger partial charge in [-0.3, -0.25) is 9.59 Å². The van der Waals surface area contributed by atoms with Crippen LogP contribution in [0.3, 0.4) is 0 Å². The van der Waals surface area contributed by atoms with Gasteiger partial charge in [0, 0.05) is 18.8 Å². The average molecular weight is 212 g/mol. The Kier molecular flexibility index (Phi) is 3.11. The summed E-state index contributed by atoms with van der Waals surface area (Å²) in [6.45, 7) is 1.53. The molecule has 0 amide bonds. The monoisotopic (exact) mass is 212 g/mol. The van der Waals surface area contributed by atoms with E-state index in [4.69, 9.17) is 10.8 Å². The van der Waals surface area contributed by atoms with Gasteiger partial charge in [-0.05, 0) is 6.92 Å². The highest BCUT2D eigenvalue weighted by atomic mass is 16.4. The number of aliphatic carboxylic acids is 1. The lowest BCUT2D eigenvalue weighted by atomic mass is 10.2. The molecular formula is C9H12N2O4. The smallest absolute Gasteiger partial charge is 0.322 e. The lowest BCUT2D eigenvalue weighted by Crippen LogP contribution is -2.35. The fraction of sp³-hybridized carbons (Fsp3) is 0.333. The summed E-state index contributed by atoms with van der Waals surface area (Å²) in [5.41, 5.74) is 5.14. The third-order valence-corrected chi connectivity index (χ3v) is 2.12. The number of carbonyl (C=O) groups is 1. The lowest BCUT2D eigenvalue weighted by Gasteiger charge is -2.13. The van der Waals surface area contributed by atoms with Crippen LogP contribution in [-0.4, -0.2) is 26.8 Å². The van der Waals surface area contributed by atoms with E-state index >= 15 is 0 Å². The summed E-state index contributed by atoms with van der Waals surface area (Å²) >= 11 is 0. The Morgan fingerprint density at radius 3 is 2.80 bits per heavy atom. The number of rotatable bonds is 3. The minimum Gasteiger partial charge on any atom is -0.503 e. The van der Waals surface area contributed by atoms with Crippen molar-refractivity contribution in [3.63, 3.8) is 0 Å². The fourth-order valence-corrected chi connectivity index (χ4v) is 1.15. The Bertz CT molecular complexity index is 438. The number of carboxylic acids is 1.